The zero-order valence-corrected chi connectivity index (χ0v) is 37.6. The van der Waals surface area contributed by atoms with Gasteiger partial charge in [-0.3, -0.25) is 33.8 Å². The average Bonchev–Trinajstić information content (AvgIpc) is 3.44. The lowest BCUT2D eigenvalue weighted by Gasteiger charge is -2.67. The minimum Gasteiger partial charge on any atom is -0.465 e. The molecule has 2 aromatic rings. The largest absolute Gasteiger partial charge is 0.465 e. The van der Waals surface area contributed by atoms with Crippen molar-refractivity contribution in [2.45, 2.75) is 134 Å². The van der Waals surface area contributed by atoms with Gasteiger partial charge in [0.05, 0.1) is 22.7 Å². The second-order valence-electron chi connectivity index (χ2n) is 17.3. The Morgan fingerprint density at radius 1 is 0.727 bits per heavy atom. The van der Waals surface area contributed by atoms with Gasteiger partial charge < -0.3 is 52.5 Å². The second kappa shape index (κ2) is 18.1. The number of cyclic esters (lactones) is 1. The standard InChI is InChI=1S/C45H51NO20/c1-22(47)57-21-44-36(62-26(5)51)32(59-23(2)48)31-34(61-25(4)50)45(44)43(9,56)35(33(60-24(3)49)37(44)63-27(6)52)64-40(55)41(7,65-38(53)28-14-11-10-12-15-28)18-17-30-29(16-13-19-46-30)39(54)58-20-42(31,8)66-45/h10-16,19,31-37,56H,17-18,20-21H2,1-9H3/t31?,32-,33+,34-,35+,36-,37+,41-,42+,43+,44-,45+/m1/s1. The van der Waals surface area contributed by atoms with Gasteiger partial charge in [-0.2, -0.15) is 0 Å². The molecule has 1 N–H and O–H groups in total. The molecule has 4 bridgehead atoms. The van der Waals surface area contributed by atoms with Crippen LogP contribution in [0.1, 0.15) is 95.1 Å². The number of aromatic nitrogens is 1. The number of ether oxygens (including phenoxy) is 10. The van der Waals surface area contributed by atoms with Gasteiger partial charge in [0.25, 0.3) is 0 Å². The van der Waals surface area contributed by atoms with Crippen molar-refractivity contribution < 1.29 is 95.6 Å². The van der Waals surface area contributed by atoms with E-state index in [9.17, 15) is 43.5 Å². The lowest BCUT2D eigenvalue weighted by atomic mass is 9.45. The Labute approximate surface area is 377 Å². The normalized spacial score (nSPS) is 34.6. The van der Waals surface area contributed by atoms with E-state index in [0.29, 0.717) is 0 Å². The number of fused-ring (bicyclic) bond motifs is 5. The molecule has 0 radical (unpaired) electrons. The summed E-state index contributed by atoms with van der Waals surface area (Å²) >= 11 is 0. The third-order valence-electron chi connectivity index (χ3n) is 12.5. The highest BCUT2D eigenvalue weighted by atomic mass is 16.7. The molecule has 1 aromatic carbocycles. The highest BCUT2D eigenvalue weighted by Gasteiger charge is 2.92. The van der Waals surface area contributed by atoms with Crippen LogP contribution in [0.15, 0.2) is 48.7 Å². The Bertz CT molecular complexity index is 2310. The van der Waals surface area contributed by atoms with E-state index in [4.69, 9.17) is 47.4 Å². The van der Waals surface area contributed by atoms with Crippen LogP contribution in [-0.4, -0.2) is 136 Å². The summed E-state index contributed by atoms with van der Waals surface area (Å²) in [5, 5.41) is 13.7. The molecule has 21 heteroatoms. The maximum Gasteiger partial charge on any atom is 0.350 e. The number of esters is 9. The molecule has 0 amide bonds. The first-order chi connectivity index (χ1) is 30.8. The summed E-state index contributed by atoms with van der Waals surface area (Å²) in [6, 6.07) is 10.4. The molecule has 1 saturated heterocycles. The fourth-order valence-electron chi connectivity index (χ4n) is 10.1. The first kappa shape index (κ1) is 49.0. The highest BCUT2D eigenvalue weighted by molar-refractivity contribution is 5.93. The minimum absolute atomic E-state index is 0.00555. The lowest BCUT2D eigenvalue weighted by molar-refractivity contribution is -0.387. The Hall–Kier alpha value is -6.48. The van der Waals surface area contributed by atoms with Gasteiger partial charge in [-0.1, -0.05) is 18.2 Å². The van der Waals surface area contributed by atoms with Crippen molar-refractivity contribution in [2.24, 2.45) is 11.3 Å². The smallest absolute Gasteiger partial charge is 0.350 e. The molecule has 1 unspecified atom stereocenters. The Kier molecular flexibility index (Phi) is 13.4. The molecule has 2 aliphatic heterocycles. The van der Waals surface area contributed by atoms with Crippen LogP contribution in [0, 0.1) is 11.3 Å². The third-order valence-corrected chi connectivity index (χ3v) is 12.5. The molecule has 2 aliphatic carbocycles. The molecule has 3 heterocycles. The number of pyridine rings is 1. The summed E-state index contributed by atoms with van der Waals surface area (Å²) in [6.45, 7) is 7.32. The van der Waals surface area contributed by atoms with Crippen molar-refractivity contribution in [3.05, 3.63) is 65.5 Å². The van der Waals surface area contributed by atoms with E-state index in [1.807, 2.05) is 0 Å². The van der Waals surface area contributed by atoms with Gasteiger partial charge in [0.2, 0.25) is 5.60 Å². The van der Waals surface area contributed by atoms with E-state index in [-0.39, 0.29) is 23.2 Å². The minimum atomic E-state index is -3.01. The maximum atomic E-state index is 15.1. The fourth-order valence-corrected chi connectivity index (χ4v) is 10.1. The predicted molar refractivity (Wildman–Crippen MR) is 216 cm³/mol. The molecular formula is C45H51NO20. The zero-order chi connectivity index (χ0) is 48.7. The van der Waals surface area contributed by atoms with E-state index < -0.39 is 144 Å². The predicted octanol–water partition coefficient (Wildman–Crippen LogP) is 1.84. The summed E-state index contributed by atoms with van der Waals surface area (Å²) in [5.41, 5.74) is -13.2. The van der Waals surface area contributed by atoms with Crippen molar-refractivity contribution in [3.63, 3.8) is 0 Å². The number of nitrogens with zero attached hydrogens (tertiary/aromatic N) is 1. The van der Waals surface area contributed by atoms with Gasteiger partial charge in [0.1, 0.15) is 42.0 Å². The van der Waals surface area contributed by atoms with Crippen LogP contribution < -0.4 is 0 Å². The van der Waals surface area contributed by atoms with E-state index in [1.165, 1.54) is 44.3 Å². The molecule has 2 saturated carbocycles. The molecule has 1 aromatic heterocycles. The number of hydrogen-bond donors (Lipinski definition) is 1. The molecule has 3 fully saturated rings. The van der Waals surface area contributed by atoms with Crippen molar-refractivity contribution in [2.75, 3.05) is 13.2 Å². The Morgan fingerprint density at radius 3 is 1.86 bits per heavy atom. The summed E-state index contributed by atoms with van der Waals surface area (Å²) in [7, 11) is 0. The van der Waals surface area contributed by atoms with Crippen molar-refractivity contribution >= 4 is 53.7 Å². The fraction of sp³-hybridized carbons (Fsp3) is 0.556. The number of rotatable bonds is 9. The van der Waals surface area contributed by atoms with Gasteiger partial charge in [-0.05, 0) is 51.5 Å². The van der Waals surface area contributed by atoms with Crippen LogP contribution in [0.2, 0.25) is 0 Å². The van der Waals surface area contributed by atoms with Gasteiger partial charge in [-0.15, -0.1) is 0 Å². The van der Waals surface area contributed by atoms with E-state index in [1.54, 1.807) is 18.2 Å². The van der Waals surface area contributed by atoms with Gasteiger partial charge >= 0.3 is 53.7 Å². The van der Waals surface area contributed by atoms with Crippen molar-refractivity contribution in [1.82, 2.24) is 4.98 Å². The van der Waals surface area contributed by atoms with Crippen LogP contribution in [0.5, 0.6) is 0 Å². The van der Waals surface area contributed by atoms with Crippen LogP contribution >= 0.6 is 0 Å². The SMILES string of the molecule is CC(=O)OC[C@]12[C@H](OC(C)=O)[C@H](OC(C)=O)C3[C@@H](OC(C)=O)[C@@]14O[C@@]3(C)COC(=O)c1cccnc1CC[C@@](C)(OC(=O)c1ccccc1)C(=O)O[C@@H]([C@H](OC(C)=O)[C@@H]2OC(C)=O)[C@]4(C)O. The molecule has 66 heavy (non-hydrogen) atoms. The summed E-state index contributed by atoms with van der Waals surface area (Å²) in [6.07, 6.45) is -12.1. The van der Waals surface area contributed by atoms with Crippen LogP contribution in [0.3, 0.4) is 0 Å². The zero-order valence-electron chi connectivity index (χ0n) is 37.6. The average molecular weight is 926 g/mol. The van der Waals surface area contributed by atoms with Crippen molar-refractivity contribution in [1.29, 1.82) is 0 Å². The molecule has 6 rings (SSSR count). The molecule has 1 spiro atoms. The highest BCUT2D eigenvalue weighted by Crippen LogP contribution is 2.70. The Balaban J connectivity index is 1.76. The first-order valence-electron chi connectivity index (χ1n) is 20.9. The van der Waals surface area contributed by atoms with Crippen LogP contribution in [-0.2, 0) is 87.4 Å². The van der Waals surface area contributed by atoms with Crippen molar-refractivity contribution in [3.8, 4) is 0 Å². The van der Waals surface area contributed by atoms with E-state index in [2.05, 4.69) is 4.98 Å². The summed E-state index contributed by atoms with van der Waals surface area (Å²) in [5.74, 6) is -11.6. The molecular weight excluding hydrogens is 874 g/mol. The first-order valence-corrected chi connectivity index (χ1v) is 20.9. The van der Waals surface area contributed by atoms with Crippen LogP contribution in [0.4, 0.5) is 0 Å². The maximum absolute atomic E-state index is 15.1. The number of aryl methyl sites for hydroxylation is 1. The number of benzene rings is 1. The Morgan fingerprint density at radius 2 is 1.29 bits per heavy atom. The molecule has 12 atom stereocenters. The topological polar surface area (TPSA) is 279 Å². The second-order valence-corrected chi connectivity index (χ2v) is 17.3. The number of carbonyl (C=O) groups excluding carboxylic acids is 9. The third kappa shape index (κ3) is 8.44. The van der Waals surface area contributed by atoms with Crippen LogP contribution in [0.25, 0.3) is 0 Å². The molecule has 21 nitrogen and oxygen atoms in total. The van der Waals surface area contributed by atoms with Gasteiger partial charge in [-0.25, -0.2) is 14.4 Å². The summed E-state index contributed by atoms with van der Waals surface area (Å²) in [4.78, 5) is 127. The van der Waals surface area contributed by atoms with Gasteiger partial charge in [0, 0.05) is 54.2 Å². The monoisotopic (exact) mass is 925 g/mol. The number of hydrogen-bond acceptors (Lipinski definition) is 21. The molecule has 356 valence electrons. The number of carbonyl (C=O) groups is 9. The summed E-state index contributed by atoms with van der Waals surface area (Å²) < 4.78 is 60.7. The van der Waals surface area contributed by atoms with E-state index in [0.717, 1.165) is 48.5 Å². The van der Waals surface area contributed by atoms with E-state index >= 15 is 4.79 Å². The quantitative estimate of drug-likeness (QED) is 0.277. The lowest BCUT2D eigenvalue weighted by Crippen LogP contribution is -2.89. The van der Waals surface area contributed by atoms with Gasteiger partial charge in [0.15, 0.2) is 30.0 Å². The molecule has 4 aliphatic rings. The number of aliphatic hydroxyl groups is 1.